The molecule has 0 spiro atoms. The monoisotopic (exact) mass is 322 g/mol. The molecule has 1 atom stereocenters. The van der Waals surface area contributed by atoms with Crippen molar-refractivity contribution >= 4 is 17.2 Å². The van der Waals surface area contributed by atoms with Crippen molar-refractivity contribution in [3.63, 3.8) is 0 Å². The number of anilines is 1. The third kappa shape index (κ3) is 3.85. The van der Waals surface area contributed by atoms with Crippen molar-refractivity contribution in [3.05, 3.63) is 70.8 Å². The molecular weight excluding hydrogens is 296 g/mol. The molecule has 2 aromatic rings. The van der Waals surface area contributed by atoms with E-state index < -0.39 is 0 Å². The Balaban J connectivity index is 2.25. The predicted octanol–water partition coefficient (Wildman–Crippen LogP) is 4.36. The summed E-state index contributed by atoms with van der Waals surface area (Å²) in [5.41, 5.74) is 11.6. The number of amides is 1. The average molecular weight is 322 g/mol. The fourth-order valence-corrected chi connectivity index (χ4v) is 2.99. The lowest BCUT2D eigenvalue weighted by atomic mass is 9.93. The summed E-state index contributed by atoms with van der Waals surface area (Å²) in [5.74, 6) is -0.0966. The van der Waals surface area contributed by atoms with Crippen LogP contribution in [0.15, 0.2) is 48.5 Å². The van der Waals surface area contributed by atoms with Gasteiger partial charge in [-0.2, -0.15) is 0 Å². The molecule has 3 nitrogen and oxygen atoms in total. The fourth-order valence-electron chi connectivity index (χ4n) is 2.99. The average Bonchev–Trinajstić information content (AvgIpc) is 2.58. The lowest BCUT2D eigenvalue weighted by molar-refractivity contribution is 0.0947. The summed E-state index contributed by atoms with van der Waals surface area (Å²) in [6.07, 6.45) is 3.04. The molecule has 0 aliphatic heterocycles. The van der Waals surface area contributed by atoms with E-state index in [1.165, 1.54) is 11.1 Å². The largest absolute Gasteiger partial charge is 0.399 e. The standard InChI is InChI=1S/C21H26N2O/c1-5-16-9-7-8-10-19(16)18(6-2)15(4)23-21(24)20-13-17(22)12-11-14(20)3/h6-13,15H,5,22H2,1-4H3,(H,23,24)/b18-6-. The van der Waals surface area contributed by atoms with Crippen molar-refractivity contribution in [1.82, 2.24) is 5.32 Å². The zero-order chi connectivity index (χ0) is 17.7. The lowest BCUT2D eigenvalue weighted by Gasteiger charge is -2.21. The van der Waals surface area contributed by atoms with E-state index in [1.807, 2.05) is 39.0 Å². The lowest BCUT2D eigenvalue weighted by Crippen LogP contribution is -2.34. The molecule has 24 heavy (non-hydrogen) atoms. The van der Waals surface area contributed by atoms with Gasteiger partial charge < -0.3 is 11.1 Å². The van der Waals surface area contributed by atoms with Gasteiger partial charge in [-0.1, -0.05) is 43.3 Å². The van der Waals surface area contributed by atoms with Crippen LogP contribution in [0.25, 0.3) is 5.57 Å². The molecule has 1 unspecified atom stereocenters. The first-order valence-electron chi connectivity index (χ1n) is 8.39. The molecule has 0 saturated carbocycles. The number of allylic oxidation sites excluding steroid dienone is 1. The minimum atomic E-state index is -0.0966. The zero-order valence-electron chi connectivity index (χ0n) is 14.9. The van der Waals surface area contributed by atoms with E-state index in [4.69, 9.17) is 5.73 Å². The number of hydrogen-bond donors (Lipinski definition) is 2. The Morgan fingerprint density at radius 3 is 2.58 bits per heavy atom. The van der Waals surface area contributed by atoms with E-state index in [-0.39, 0.29) is 11.9 Å². The van der Waals surface area contributed by atoms with Gasteiger partial charge in [0.25, 0.3) is 5.91 Å². The summed E-state index contributed by atoms with van der Waals surface area (Å²) in [7, 11) is 0. The highest BCUT2D eigenvalue weighted by molar-refractivity contribution is 5.97. The van der Waals surface area contributed by atoms with Gasteiger partial charge in [0.05, 0.1) is 6.04 Å². The summed E-state index contributed by atoms with van der Waals surface area (Å²) < 4.78 is 0. The third-order valence-electron chi connectivity index (χ3n) is 4.34. The number of carbonyl (C=O) groups excluding carboxylic acids is 1. The number of hydrogen-bond acceptors (Lipinski definition) is 2. The Morgan fingerprint density at radius 1 is 1.21 bits per heavy atom. The van der Waals surface area contributed by atoms with Crippen LogP contribution in [0.1, 0.15) is 47.8 Å². The van der Waals surface area contributed by atoms with Gasteiger partial charge in [0, 0.05) is 11.3 Å². The molecule has 0 aliphatic rings. The summed E-state index contributed by atoms with van der Waals surface area (Å²) in [6.45, 7) is 8.09. The molecule has 0 bridgehead atoms. The van der Waals surface area contributed by atoms with Crippen LogP contribution < -0.4 is 11.1 Å². The highest BCUT2D eigenvalue weighted by atomic mass is 16.1. The van der Waals surface area contributed by atoms with E-state index in [0.29, 0.717) is 11.3 Å². The van der Waals surface area contributed by atoms with Gasteiger partial charge in [0.2, 0.25) is 0 Å². The molecule has 2 rings (SSSR count). The number of nitrogen functional groups attached to an aromatic ring is 1. The molecule has 3 heteroatoms. The third-order valence-corrected chi connectivity index (χ3v) is 4.34. The SMILES string of the molecule is C/C=C(\c1ccccc1CC)C(C)NC(=O)c1cc(N)ccc1C. The van der Waals surface area contributed by atoms with E-state index in [9.17, 15) is 4.79 Å². The number of aryl methyl sites for hydroxylation is 2. The van der Waals surface area contributed by atoms with Gasteiger partial charge in [-0.05, 0) is 61.6 Å². The molecule has 0 aliphatic carbocycles. The van der Waals surface area contributed by atoms with Crippen LogP contribution in [0.5, 0.6) is 0 Å². The summed E-state index contributed by atoms with van der Waals surface area (Å²) in [5, 5.41) is 3.10. The molecule has 3 N–H and O–H groups in total. The zero-order valence-corrected chi connectivity index (χ0v) is 14.9. The van der Waals surface area contributed by atoms with Crippen LogP contribution in [-0.2, 0) is 6.42 Å². The van der Waals surface area contributed by atoms with Crippen molar-refractivity contribution in [1.29, 1.82) is 0 Å². The molecule has 0 aromatic heterocycles. The van der Waals surface area contributed by atoms with E-state index in [0.717, 1.165) is 17.6 Å². The van der Waals surface area contributed by atoms with Crippen LogP contribution >= 0.6 is 0 Å². The molecule has 0 heterocycles. The second-order valence-corrected chi connectivity index (χ2v) is 6.02. The van der Waals surface area contributed by atoms with Crippen molar-refractivity contribution < 1.29 is 4.79 Å². The normalized spacial score (nSPS) is 12.8. The maximum atomic E-state index is 12.6. The molecule has 0 saturated heterocycles. The second kappa shape index (κ2) is 7.82. The summed E-state index contributed by atoms with van der Waals surface area (Å²) >= 11 is 0. The van der Waals surface area contributed by atoms with Gasteiger partial charge in [-0.3, -0.25) is 4.79 Å². The first-order valence-corrected chi connectivity index (χ1v) is 8.39. The van der Waals surface area contributed by atoms with Crippen LogP contribution in [-0.4, -0.2) is 11.9 Å². The first kappa shape index (κ1) is 17.8. The van der Waals surface area contributed by atoms with Gasteiger partial charge in [0.1, 0.15) is 0 Å². The van der Waals surface area contributed by atoms with E-state index in [1.54, 1.807) is 6.07 Å². The highest BCUT2D eigenvalue weighted by Gasteiger charge is 2.17. The maximum Gasteiger partial charge on any atom is 0.252 e. The van der Waals surface area contributed by atoms with Crippen molar-refractivity contribution in [2.45, 2.75) is 40.2 Å². The first-order chi connectivity index (χ1) is 11.5. The predicted molar refractivity (Wildman–Crippen MR) is 102 cm³/mol. The number of rotatable bonds is 5. The van der Waals surface area contributed by atoms with Crippen LogP contribution in [0.4, 0.5) is 5.69 Å². The van der Waals surface area contributed by atoms with Crippen LogP contribution in [0.3, 0.4) is 0 Å². The fraction of sp³-hybridized carbons (Fsp3) is 0.286. The van der Waals surface area contributed by atoms with E-state index in [2.05, 4.69) is 36.5 Å². The molecular formula is C21H26N2O. The minimum Gasteiger partial charge on any atom is -0.399 e. The molecule has 0 fully saturated rings. The van der Waals surface area contributed by atoms with Crippen LogP contribution in [0, 0.1) is 6.92 Å². The molecule has 2 aromatic carbocycles. The Morgan fingerprint density at radius 2 is 1.92 bits per heavy atom. The van der Waals surface area contributed by atoms with Gasteiger partial charge in [-0.15, -0.1) is 0 Å². The minimum absolute atomic E-state index is 0.0870. The molecule has 0 radical (unpaired) electrons. The number of nitrogens with one attached hydrogen (secondary N) is 1. The van der Waals surface area contributed by atoms with Gasteiger partial charge in [-0.25, -0.2) is 0 Å². The molecule has 126 valence electrons. The topological polar surface area (TPSA) is 55.1 Å². The Bertz CT molecular complexity index is 762. The quantitative estimate of drug-likeness (QED) is 0.804. The van der Waals surface area contributed by atoms with Crippen molar-refractivity contribution in [3.8, 4) is 0 Å². The van der Waals surface area contributed by atoms with Crippen molar-refractivity contribution in [2.24, 2.45) is 0 Å². The number of carbonyl (C=O) groups is 1. The Hall–Kier alpha value is -2.55. The van der Waals surface area contributed by atoms with Gasteiger partial charge in [0.15, 0.2) is 0 Å². The van der Waals surface area contributed by atoms with Crippen molar-refractivity contribution in [2.75, 3.05) is 5.73 Å². The summed E-state index contributed by atoms with van der Waals surface area (Å²) in [4.78, 5) is 12.6. The number of nitrogens with two attached hydrogens (primary N) is 1. The molecule has 1 amide bonds. The van der Waals surface area contributed by atoms with E-state index >= 15 is 0 Å². The summed E-state index contributed by atoms with van der Waals surface area (Å²) in [6, 6.07) is 13.7. The number of benzene rings is 2. The van der Waals surface area contributed by atoms with Crippen LogP contribution in [0.2, 0.25) is 0 Å². The highest BCUT2D eigenvalue weighted by Crippen LogP contribution is 2.23. The smallest absolute Gasteiger partial charge is 0.252 e. The Kier molecular flexibility index (Phi) is 5.80. The maximum absolute atomic E-state index is 12.6. The Labute approximate surface area is 144 Å². The second-order valence-electron chi connectivity index (χ2n) is 6.02. The van der Waals surface area contributed by atoms with Gasteiger partial charge >= 0.3 is 0 Å².